The van der Waals surface area contributed by atoms with E-state index >= 15 is 0 Å². The average molecular weight is 239 g/mol. The lowest BCUT2D eigenvalue weighted by atomic mass is 10.1. The minimum absolute atomic E-state index is 0.733. The van der Waals surface area contributed by atoms with Gasteiger partial charge in [-0.1, -0.05) is 13.3 Å². The van der Waals surface area contributed by atoms with Gasteiger partial charge in [-0.15, -0.1) is 0 Å². The number of rotatable bonds is 5. The van der Waals surface area contributed by atoms with Crippen molar-refractivity contribution in [3.05, 3.63) is 0 Å². The molecule has 17 heavy (non-hydrogen) atoms. The summed E-state index contributed by atoms with van der Waals surface area (Å²) in [7, 11) is 4.61. The minimum atomic E-state index is 0.733. The summed E-state index contributed by atoms with van der Waals surface area (Å²) in [6, 6.07) is 2.29. The van der Waals surface area contributed by atoms with Crippen LogP contribution in [0.25, 0.3) is 0 Å². The monoisotopic (exact) mass is 239 g/mol. The Morgan fingerprint density at radius 2 is 2.06 bits per heavy atom. The van der Waals surface area contributed by atoms with E-state index in [9.17, 15) is 0 Å². The molecular weight excluding hydrogens is 210 g/mol. The van der Waals surface area contributed by atoms with E-state index in [2.05, 4.69) is 36.1 Å². The standard InChI is InChI=1S/C14H29N3/c1-4-15-13-8-5-9-14(13)17(3)11-12-7-6-10-16(12)2/h12-15H,4-11H2,1-3H3. The maximum Gasteiger partial charge on any atom is 0.0246 e. The van der Waals surface area contributed by atoms with Gasteiger partial charge in [0.25, 0.3) is 0 Å². The highest BCUT2D eigenvalue weighted by Crippen LogP contribution is 2.25. The number of hydrogen-bond donors (Lipinski definition) is 1. The van der Waals surface area contributed by atoms with Crippen molar-refractivity contribution in [2.45, 2.75) is 57.2 Å². The molecular formula is C14H29N3. The lowest BCUT2D eigenvalue weighted by Gasteiger charge is -2.33. The zero-order valence-electron chi connectivity index (χ0n) is 11.8. The Kier molecular flexibility index (Phi) is 4.83. The first kappa shape index (κ1) is 13.3. The van der Waals surface area contributed by atoms with Crippen molar-refractivity contribution >= 4 is 0 Å². The fourth-order valence-electron chi connectivity index (χ4n) is 3.65. The Hall–Kier alpha value is -0.120. The third kappa shape index (κ3) is 3.21. The highest BCUT2D eigenvalue weighted by atomic mass is 15.2. The molecule has 3 unspecified atom stereocenters. The van der Waals surface area contributed by atoms with E-state index in [0.29, 0.717) is 0 Å². The summed E-state index contributed by atoms with van der Waals surface area (Å²) in [4.78, 5) is 5.15. The van der Waals surface area contributed by atoms with Crippen LogP contribution in [0.2, 0.25) is 0 Å². The van der Waals surface area contributed by atoms with Crippen molar-refractivity contribution in [1.29, 1.82) is 0 Å². The van der Waals surface area contributed by atoms with Gasteiger partial charge in [0.15, 0.2) is 0 Å². The Balaban J connectivity index is 1.83. The quantitative estimate of drug-likeness (QED) is 0.785. The van der Waals surface area contributed by atoms with Gasteiger partial charge >= 0.3 is 0 Å². The molecule has 2 aliphatic rings. The van der Waals surface area contributed by atoms with Gasteiger partial charge in [-0.2, -0.15) is 0 Å². The van der Waals surface area contributed by atoms with Crippen LogP contribution in [0.15, 0.2) is 0 Å². The van der Waals surface area contributed by atoms with Gasteiger partial charge in [0.1, 0.15) is 0 Å². The molecule has 1 heterocycles. The number of likely N-dealkylation sites (N-methyl/N-ethyl adjacent to an activating group) is 3. The molecule has 0 spiro atoms. The summed E-state index contributed by atoms with van der Waals surface area (Å²) in [5, 5.41) is 3.66. The van der Waals surface area contributed by atoms with Gasteiger partial charge in [-0.25, -0.2) is 0 Å². The van der Waals surface area contributed by atoms with Crippen LogP contribution in [0, 0.1) is 0 Å². The molecule has 0 aromatic heterocycles. The van der Waals surface area contributed by atoms with Crippen LogP contribution >= 0.6 is 0 Å². The summed E-state index contributed by atoms with van der Waals surface area (Å²) in [5.74, 6) is 0. The summed E-state index contributed by atoms with van der Waals surface area (Å²) in [6.07, 6.45) is 6.91. The van der Waals surface area contributed by atoms with E-state index in [4.69, 9.17) is 0 Å². The number of nitrogens with zero attached hydrogens (tertiary/aromatic N) is 2. The lowest BCUT2D eigenvalue weighted by molar-refractivity contribution is 0.160. The van der Waals surface area contributed by atoms with E-state index in [1.807, 2.05) is 0 Å². The Morgan fingerprint density at radius 3 is 2.71 bits per heavy atom. The minimum Gasteiger partial charge on any atom is -0.313 e. The molecule has 1 N–H and O–H groups in total. The fraction of sp³-hybridized carbons (Fsp3) is 1.00. The molecule has 0 aromatic carbocycles. The van der Waals surface area contributed by atoms with Crippen LogP contribution in [-0.4, -0.2) is 61.7 Å². The molecule has 100 valence electrons. The third-order valence-electron chi connectivity index (χ3n) is 4.68. The van der Waals surface area contributed by atoms with Crippen LogP contribution in [0.1, 0.15) is 39.0 Å². The highest BCUT2D eigenvalue weighted by molar-refractivity contribution is 4.91. The molecule has 1 saturated heterocycles. The van der Waals surface area contributed by atoms with Gasteiger partial charge < -0.3 is 15.1 Å². The third-order valence-corrected chi connectivity index (χ3v) is 4.68. The van der Waals surface area contributed by atoms with Crippen molar-refractivity contribution < 1.29 is 0 Å². The largest absolute Gasteiger partial charge is 0.313 e. The Morgan fingerprint density at radius 1 is 1.24 bits per heavy atom. The van der Waals surface area contributed by atoms with E-state index < -0.39 is 0 Å². The molecule has 3 atom stereocenters. The molecule has 0 bridgehead atoms. The molecule has 0 radical (unpaired) electrons. The number of nitrogens with one attached hydrogen (secondary N) is 1. The van der Waals surface area contributed by atoms with Gasteiger partial charge in [-0.05, 0) is 52.9 Å². The van der Waals surface area contributed by atoms with E-state index in [1.54, 1.807) is 0 Å². The van der Waals surface area contributed by atoms with E-state index in [-0.39, 0.29) is 0 Å². The first-order valence-corrected chi connectivity index (χ1v) is 7.36. The predicted octanol–water partition coefficient (Wildman–Crippen LogP) is 1.54. The summed E-state index contributed by atoms with van der Waals surface area (Å²) in [5.41, 5.74) is 0. The van der Waals surface area contributed by atoms with E-state index in [1.165, 1.54) is 45.2 Å². The van der Waals surface area contributed by atoms with Crippen LogP contribution in [0.5, 0.6) is 0 Å². The molecule has 1 saturated carbocycles. The zero-order chi connectivity index (χ0) is 12.3. The molecule has 1 aliphatic heterocycles. The van der Waals surface area contributed by atoms with Crippen molar-refractivity contribution in [3.8, 4) is 0 Å². The first-order chi connectivity index (χ1) is 8.22. The second kappa shape index (κ2) is 6.17. The normalized spacial score (nSPS) is 34.9. The summed E-state index contributed by atoms with van der Waals surface area (Å²) < 4.78 is 0. The molecule has 3 heteroatoms. The Labute approximate surface area is 107 Å². The summed E-state index contributed by atoms with van der Waals surface area (Å²) in [6.45, 7) is 5.88. The van der Waals surface area contributed by atoms with Gasteiger partial charge in [0, 0.05) is 24.7 Å². The van der Waals surface area contributed by atoms with Crippen molar-refractivity contribution in [2.75, 3.05) is 33.7 Å². The Bertz CT molecular complexity index is 232. The average Bonchev–Trinajstić information content (AvgIpc) is 2.89. The number of likely N-dealkylation sites (tertiary alicyclic amines) is 1. The lowest BCUT2D eigenvalue weighted by Crippen LogP contribution is -2.48. The molecule has 0 amide bonds. The van der Waals surface area contributed by atoms with E-state index in [0.717, 1.165) is 24.7 Å². The van der Waals surface area contributed by atoms with Crippen LogP contribution in [0.3, 0.4) is 0 Å². The molecule has 0 aromatic rings. The zero-order valence-corrected chi connectivity index (χ0v) is 11.8. The molecule has 3 nitrogen and oxygen atoms in total. The molecule has 2 rings (SSSR count). The molecule has 1 aliphatic carbocycles. The predicted molar refractivity (Wildman–Crippen MR) is 73.4 cm³/mol. The second-order valence-corrected chi connectivity index (χ2v) is 5.88. The second-order valence-electron chi connectivity index (χ2n) is 5.88. The number of hydrogen-bond acceptors (Lipinski definition) is 3. The smallest absolute Gasteiger partial charge is 0.0246 e. The van der Waals surface area contributed by atoms with Crippen molar-refractivity contribution in [2.24, 2.45) is 0 Å². The first-order valence-electron chi connectivity index (χ1n) is 7.36. The van der Waals surface area contributed by atoms with Crippen LogP contribution < -0.4 is 5.32 Å². The van der Waals surface area contributed by atoms with Crippen molar-refractivity contribution in [1.82, 2.24) is 15.1 Å². The SMILES string of the molecule is CCNC1CCCC1N(C)CC1CCCN1C. The topological polar surface area (TPSA) is 18.5 Å². The van der Waals surface area contributed by atoms with Crippen LogP contribution in [-0.2, 0) is 0 Å². The van der Waals surface area contributed by atoms with Gasteiger partial charge in [-0.3, -0.25) is 0 Å². The maximum atomic E-state index is 3.66. The fourth-order valence-corrected chi connectivity index (χ4v) is 3.65. The highest BCUT2D eigenvalue weighted by Gasteiger charge is 2.32. The van der Waals surface area contributed by atoms with Gasteiger partial charge in [0.05, 0.1) is 0 Å². The van der Waals surface area contributed by atoms with Crippen molar-refractivity contribution in [3.63, 3.8) is 0 Å². The maximum absolute atomic E-state index is 3.66. The van der Waals surface area contributed by atoms with Crippen LogP contribution in [0.4, 0.5) is 0 Å². The molecule has 2 fully saturated rings. The summed E-state index contributed by atoms with van der Waals surface area (Å²) >= 11 is 0. The van der Waals surface area contributed by atoms with Gasteiger partial charge in [0.2, 0.25) is 0 Å².